The Morgan fingerprint density at radius 1 is 1.17 bits per heavy atom. The first-order chi connectivity index (χ1) is 5.88. The van der Waals surface area contributed by atoms with Crippen molar-refractivity contribution >= 4 is 16.5 Å². The van der Waals surface area contributed by atoms with Gasteiger partial charge in [0, 0.05) is 12.4 Å². The van der Waals surface area contributed by atoms with Crippen LogP contribution in [0.4, 0.5) is 0 Å². The summed E-state index contributed by atoms with van der Waals surface area (Å²) in [7, 11) is 0. The van der Waals surface area contributed by atoms with Gasteiger partial charge in [0.05, 0.1) is 0 Å². The highest BCUT2D eigenvalue weighted by Gasteiger charge is 2.00. The Labute approximate surface area is 78.7 Å². The molecule has 0 aromatic carbocycles. The molecular formula is C8H6AlN3. The molecule has 0 aliphatic carbocycles. The summed E-state index contributed by atoms with van der Waals surface area (Å²) in [5, 5.41) is 0. The lowest BCUT2D eigenvalue weighted by atomic mass is 10.3. The molecule has 0 atom stereocenters. The van der Waals surface area contributed by atoms with E-state index in [9.17, 15) is 0 Å². The second kappa shape index (κ2) is 3.10. The third kappa shape index (κ3) is 1.27. The van der Waals surface area contributed by atoms with Gasteiger partial charge in [-0.3, -0.25) is 4.98 Å². The van der Waals surface area contributed by atoms with E-state index in [-0.39, 0.29) is 0 Å². The lowest BCUT2D eigenvalue weighted by Crippen LogP contribution is -1.94. The Balaban J connectivity index is 2.51. The number of hydrogen-bond acceptors (Lipinski definition) is 2. The summed E-state index contributed by atoms with van der Waals surface area (Å²) >= 11 is 2.56. The molecule has 0 aliphatic heterocycles. The summed E-state index contributed by atoms with van der Waals surface area (Å²) in [6, 6.07) is 5.77. The topological polar surface area (TPSA) is 30.7 Å². The SMILES string of the molecule is [Al][n]1ccnc1-c1ccccn1. The van der Waals surface area contributed by atoms with E-state index < -0.39 is 0 Å². The highest BCUT2D eigenvalue weighted by atomic mass is 27.1. The molecule has 0 N–H and O–H groups in total. The second-order valence-electron chi connectivity index (χ2n) is 2.37. The van der Waals surface area contributed by atoms with Crippen LogP contribution in [0, 0.1) is 0 Å². The predicted octanol–water partition coefficient (Wildman–Crippen LogP) is 0.877. The average Bonchev–Trinajstić information content (AvgIpc) is 2.53. The molecule has 0 bridgehead atoms. The average molecular weight is 171 g/mol. The standard InChI is InChI=1S/C8H6N3.Al/c1-2-4-9-7(3-1)8-10-5-6-11-8;/h1-6H;/q-1;+1. The zero-order valence-corrected chi connectivity index (χ0v) is 7.54. The molecule has 0 aliphatic rings. The maximum Gasteiger partial charge on any atom is 0.319 e. The van der Waals surface area contributed by atoms with Gasteiger partial charge in [-0.25, -0.2) is 4.98 Å². The molecule has 2 aromatic rings. The Bertz CT molecular complexity index is 369. The zero-order valence-electron chi connectivity index (χ0n) is 6.38. The Hall–Kier alpha value is -1.11. The van der Waals surface area contributed by atoms with Gasteiger partial charge in [0.1, 0.15) is 11.5 Å². The largest absolute Gasteiger partial charge is 0.441 e. The first kappa shape index (κ1) is 7.54. The van der Waals surface area contributed by atoms with Gasteiger partial charge in [-0.1, -0.05) is 6.07 Å². The molecule has 3 nitrogen and oxygen atoms in total. The minimum atomic E-state index is 0.862. The summed E-state index contributed by atoms with van der Waals surface area (Å²) in [6.45, 7) is 0. The van der Waals surface area contributed by atoms with E-state index in [0.717, 1.165) is 11.5 Å². The van der Waals surface area contributed by atoms with Crippen LogP contribution in [-0.2, 0) is 0 Å². The van der Waals surface area contributed by atoms with Gasteiger partial charge in [-0.05, 0) is 18.3 Å². The fourth-order valence-electron chi connectivity index (χ4n) is 1.01. The first-order valence-electron chi connectivity index (χ1n) is 3.58. The molecule has 0 spiro atoms. The summed E-state index contributed by atoms with van der Waals surface area (Å²) in [4.78, 5) is 8.35. The number of rotatable bonds is 1. The van der Waals surface area contributed by atoms with Crippen molar-refractivity contribution in [3.05, 3.63) is 36.8 Å². The van der Waals surface area contributed by atoms with Gasteiger partial charge in [-0.2, -0.15) is 0 Å². The van der Waals surface area contributed by atoms with Crippen molar-refractivity contribution < 1.29 is 0 Å². The molecule has 4 heteroatoms. The van der Waals surface area contributed by atoms with Crippen LogP contribution in [0.5, 0.6) is 0 Å². The summed E-state index contributed by atoms with van der Waals surface area (Å²) in [5.74, 6) is 0.862. The summed E-state index contributed by atoms with van der Waals surface area (Å²) in [5.41, 5.74) is 0.887. The quantitative estimate of drug-likeness (QED) is 0.596. The van der Waals surface area contributed by atoms with Gasteiger partial charge in [0.15, 0.2) is 0 Å². The molecule has 0 fully saturated rings. The molecule has 0 saturated carbocycles. The fraction of sp³-hybridized carbons (Fsp3) is 0. The van der Waals surface area contributed by atoms with Crippen molar-refractivity contribution in [2.24, 2.45) is 0 Å². The van der Waals surface area contributed by atoms with E-state index in [1.807, 2.05) is 27.9 Å². The van der Waals surface area contributed by atoms with E-state index in [1.54, 1.807) is 12.4 Å². The van der Waals surface area contributed by atoms with E-state index in [4.69, 9.17) is 0 Å². The Kier molecular flexibility index (Phi) is 1.95. The zero-order chi connectivity index (χ0) is 8.39. The molecule has 2 heterocycles. The van der Waals surface area contributed by atoms with Crippen LogP contribution in [0.3, 0.4) is 0 Å². The molecule has 2 rings (SSSR count). The number of hydrogen-bond donors (Lipinski definition) is 0. The smallest absolute Gasteiger partial charge is 0.319 e. The number of nitrogens with zero attached hydrogens (tertiary/aromatic N) is 3. The van der Waals surface area contributed by atoms with Crippen LogP contribution in [0.15, 0.2) is 36.8 Å². The molecule has 2 radical (unpaired) electrons. The molecule has 0 unspecified atom stereocenters. The second-order valence-corrected chi connectivity index (χ2v) is 2.93. The van der Waals surface area contributed by atoms with Crippen molar-refractivity contribution in [1.29, 1.82) is 0 Å². The van der Waals surface area contributed by atoms with E-state index in [2.05, 4.69) is 26.5 Å². The van der Waals surface area contributed by atoms with Crippen LogP contribution in [0.2, 0.25) is 0 Å². The Morgan fingerprint density at radius 3 is 2.67 bits per heavy atom. The van der Waals surface area contributed by atoms with Crippen molar-refractivity contribution in [3.8, 4) is 11.5 Å². The van der Waals surface area contributed by atoms with Gasteiger partial charge in [-0.15, -0.1) is 0 Å². The highest BCUT2D eigenvalue weighted by Crippen LogP contribution is 2.10. The maximum absolute atomic E-state index is 4.19. The minimum absolute atomic E-state index is 0.862. The minimum Gasteiger partial charge on any atom is -0.441 e. The van der Waals surface area contributed by atoms with Gasteiger partial charge in [0.2, 0.25) is 0 Å². The van der Waals surface area contributed by atoms with Crippen molar-refractivity contribution in [2.45, 2.75) is 0 Å². The lowest BCUT2D eigenvalue weighted by molar-refractivity contribution is 1.17. The van der Waals surface area contributed by atoms with Crippen LogP contribution in [0.25, 0.3) is 11.5 Å². The van der Waals surface area contributed by atoms with Crippen LogP contribution in [0.1, 0.15) is 0 Å². The summed E-state index contributed by atoms with van der Waals surface area (Å²) in [6.07, 6.45) is 5.38. The van der Waals surface area contributed by atoms with Gasteiger partial charge in [0.25, 0.3) is 0 Å². The molecule has 0 amide bonds. The summed E-state index contributed by atoms with van der Waals surface area (Å²) < 4.78 is 1.86. The van der Waals surface area contributed by atoms with Gasteiger partial charge < -0.3 is 3.55 Å². The Morgan fingerprint density at radius 2 is 2.08 bits per heavy atom. The van der Waals surface area contributed by atoms with E-state index in [1.165, 1.54) is 0 Å². The molecule has 12 heavy (non-hydrogen) atoms. The predicted molar refractivity (Wildman–Crippen MR) is 46.6 cm³/mol. The molecular weight excluding hydrogens is 165 g/mol. The first-order valence-corrected chi connectivity index (χ1v) is 4.09. The molecule has 56 valence electrons. The third-order valence-electron chi connectivity index (χ3n) is 1.56. The fourth-order valence-corrected chi connectivity index (χ4v) is 1.28. The van der Waals surface area contributed by atoms with Crippen LogP contribution < -0.4 is 0 Å². The number of pyridine rings is 1. The lowest BCUT2D eigenvalue weighted by Gasteiger charge is -2.00. The van der Waals surface area contributed by atoms with Gasteiger partial charge >= 0.3 is 16.5 Å². The van der Waals surface area contributed by atoms with Crippen LogP contribution >= 0.6 is 0 Å². The molecule has 2 aromatic heterocycles. The monoisotopic (exact) mass is 171 g/mol. The van der Waals surface area contributed by atoms with Crippen molar-refractivity contribution in [2.75, 3.05) is 0 Å². The van der Waals surface area contributed by atoms with E-state index >= 15 is 0 Å². The molecule has 0 saturated heterocycles. The van der Waals surface area contributed by atoms with Crippen LogP contribution in [-0.4, -0.2) is 30.0 Å². The van der Waals surface area contributed by atoms with Crippen molar-refractivity contribution in [3.63, 3.8) is 0 Å². The highest BCUT2D eigenvalue weighted by molar-refractivity contribution is 6.08. The number of aromatic nitrogens is 3. The van der Waals surface area contributed by atoms with E-state index in [0.29, 0.717) is 0 Å². The third-order valence-corrected chi connectivity index (χ3v) is 1.98. The van der Waals surface area contributed by atoms with Crippen molar-refractivity contribution in [1.82, 2.24) is 13.5 Å². The maximum atomic E-state index is 4.19. The normalized spacial score (nSPS) is 10.0. The number of imidazole rings is 1.